The molecule has 0 bridgehead atoms. The molecule has 106 valence electrons. The molecule has 0 amide bonds. The number of hydrogen-bond donors (Lipinski definition) is 1. The largest absolute Gasteiger partial charge is 0.486 e. The van der Waals surface area contributed by atoms with Gasteiger partial charge in [0.05, 0.1) is 8.95 Å². The van der Waals surface area contributed by atoms with E-state index in [0.717, 1.165) is 23.9 Å². The summed E-state index contributed by atoms with van der Waals surface area (Å²) < 4.78 is 8.36. The zero-order valence-electron chi connectivity index (χ0n) is 10.2. The van der Waals surface area contributed by atoms with Gasteiger partial charge >= 0.3 is 5.97 Å². The van der Waals surface area contributed by atoms with Crippen molar-refractivity contribution >= 4 is 65.1 Å². The second-order valence-corrected chi connectivity index (χ2v) is 7.87. The van der Waals surface area contributed by atoms with Crippen molar-refractivity contribution in [1.82, 2.24) is 0 Å². The van der Waals surface area contributed by atoms with Crippen molar-refractivity contribution < 1.29 is 14.6 Å². The minimum Gasteiger partial charge on any atom is -0.486 e. The molecule has 2 rings (SSSR count). The summed E-state index contributed by atoms with van der Waals surface area (Å²) in [4.78, 5) is 12.2. The van der Waals surface area contributed by atoms with Crippen molar-refractivity contribution in [3.63, 3.8) is 0 Å². The summed E-state index contributed by atoms with van der Waals surface area (Å²) in [6, 6.07) is 5.44. The fourth-order valence-corrected chi connectivity index (χ4v) is 4.94. The zero-order valence-corrected chi connectivity index (χ0v) is 15.8. The van der Waals surface area contributed by atoms with Crippen LogP contribution < -0.4 is 4.74 Å². The quantitative estimate of drug-likeness (QED) is 0.612. The van der Waals surface area contributed by atoms with Crippen LogP contribution in [0.3, 0.4) is 0 Å². The van der Waals surface area contributed by atoms with Gasteiger partial charge in [0.2, 0.25) is 0 Å². The smallest absolute Gasteiger partial charge is 0.345 e. The molecule has 0 unspecified atom stereocenters. The first-order valence-corrected chi connectivity index (χ1v) is 8.68. The van der Waals surface area contributed by atoms with Gasteiger partial charge in [-0.05, 0) is 57.0 Å². The van der Waals surface area contributed by atoms with E-state index >= 15 is 0 Å². The third-order valence-corrected chi connectivity index (χ3v) is 5.28. The Morgan fingerprint density at radius 2 is 1.85 bits per heavy atom. The van der Waals surface area contributed by atoms with Crippen LogP contribution in [0.5, 0.6) is 5.75 Å². The number of carboxylic acids is 1. The van der Waals surface area contributed by atoms with Crippen LogP contribution in [-0.4, -0.2) is 11.1 Å². The van der Waals surface area contributed by atoms with E-state index < -0.39 is 5.97 Å². The Labute approximate surface area is 145 Å². The molecule has 0 spiro atoms. The van der Waals surface area contributed by atoms with Gasteiger partial charge in [-0.15, -0.1) is 11.3 Å². The van der Waals surface area contributed by atoms with Crippen LogP contribution in [0.1, 0.15) is 20.1 Å². The minimum absolute atomic E-state index is 0.328. The van der Waals surface area contributed by atoms with Gasteiger partial charge in [0, 0.05) is 14.9 Å². The molecular weight excluding hydrogens is 476 g/mol. The van der Waals surface area contributed by atoms with Crippen molar-refractivity contribution in [1.29, 1.82) is 0 Å². The minimum atomic E-state index is -0.907. The Hall–Kier alpha value is -0.370. The van der Waals surface area contributed by atoms with Gasteiger partial charge in [0.25, 0.3) is 0 Å². The maximum Gasteiger partial charge on any atom is 0.345 e. The van der Waals surface area contributed by atoms with Gasteiger partial charge in [-0.1, -0.05) is 15.9 Å². The molecule has 0 aliphatic carbocycles. The maximum atomic E-state index is 10.9. The number of aromatic carboxylic acids is 1. The third kappa shape index (κ3) is 3.63. The molecule has 1 aromatic carbocycles. The van der Waals surface area contributed by atoms with Crippen LogP contribution in [0, 0.1) is 6.92 Å². The zero-order chi connectivity index (χ0) is 14.9. The molecule has 1 heterocycles. The number of carboxylic acid groups (broad SMARTS) is 1. The van der Waals surface area contributed by atoms with Crippen LogP contribution in [-0.2, 0) is 6.61 Å². The number of thiophene rings is 1. The van der Waals surface area contributed by atoms with E-state index in [4.69, 9.17) is 9.84 Å². The molecule has 0 saturated heterocycles. The molecular formula is C13H9Br3O3S. The summed E-state index contributed by atoms with van der Waals surface area (Å²) in [6.45, 7) is 2.22. The van der Waals surface area contributed by atoms with E-state index in [1.165, 1.54) is 11.3 Å². The standard InChI is InChI=1S/C13H9Br3O3S/c1-6-7(2-11(20-6)13(17)18)5-19-12-9(15)3-8(14)4-10(12)16/h2-4H,5H2,1H3,(H,17,18). The number of hydrogen-bond acceptors (Lipinski definition) is 3. The summed E-state index contributed by atoms with van der Waals surface area (Å²) >= 11 is 11.5. The molecule has 1 N–H and O–H groups in total. The van der Waals surface area contributed by atoms with Crippen LogP contribution >= 0.6 is 59.1 Å². The Kier molecular flexibility index (Phi) is 5.28. The molecule has 2 aromatic rings. The molecule has 0 fully saturated rings. The first-order chi connectivity index (χ1) is 9.38. The van der Waals surface area contributed by atoms with Crippen molar-refractivity contribution in [3.05, 3.63) is 46.9 Å². The van der Waals surface area contributed by atoms with Gasteiger partial charge in [0.1, 0.15) is 17.2 Å². The SMILES string of the molecule is Cc1sc(C(=O)O)cc1COc1c(Br)cc(Br)cc1Br. The van der Waals surface area contributed by atoms with E-state index in [-0.39, 0.29) is 0 Å². The van der Waals surface area contributed by atoms with E-state index in [1.807, 2.05) is 19.1 Å². The van der Waals surface area contributed by atoms with Crippen LogP contribution in [0.4, 0.5) is 0 Å². The van der Waals surface area contributed by atoms with Gasteiger partial charge in [-0.2, -0.15) is 0 Å². The number of carbonyl (C=O) groups is 1. The Morgan fingerprint density at radius 1 is 1.25 bits per heavy atom. The number of aryl methyl sites for hydroxylation is 1. The maximum absolute atomic E-state index is 10.9. The highest BCUT2D eigenvalue weighted by Crippen LogP contribution is 2.37. The van der Waals surface area contributed by atoms with Crippen molar-refractivity contribution in [3.8, 4) is 5.75 Å². The summed E-state index contributed by atoms with van der Waals surface area (Å²) in [5, 5.41) is 8.98. The molecule has 20 heavy (non-hydrogen) atoms. The Morgan fingerprint density at radius 3 is 2.35 bits per heavy atom. The molecule has 0 atom stereocenters. The summed E-state index contributed by atoms with van der Waals surface area (Å²) in [5.41, 5.74) is 0.883. The normalized spacial score (nSPS) is 10.6. The first-order valence-electron chi connectivity index (χ1n) is 5.48. The van der Waals surface area contributed by atoms with Gasteiger partial charge in [0.15, 0.2) is 0 Å². The molecule has 7 heteroatoms. The fourth-order valence-electron chi connectivity index (χ4n) is 1.59. The lowest BCUT2D eigenvalue weighted by atomic mass is 10.2. The summed E-state index contributed by atoms with van der Waals surface area (Å²) in [6.07, 6.45) is 0. The van der Waals surface area contributed by atoms with Crippen molar-refractivity contribution in [2.24, 2.45) is 0 Å². The lowest BCUT2D eigenvalue weighted by molar-refractivity contribution is 0.0702. The highest BCUT2D eigenvalue weighted by molar-refractivity contribution is 9.11. The molecule has 0 aliphatic rings. The highest BCUT2D eigenvalue weighted by Gasteiger charge is 2.13. The van der Waals surface area contributed by atoms with Crippen molar-refractivity contribution in [2.45, 2.75) is 13.5 Å². The van der Waals surface area contributed by atoms with Crippen molar-refractivity contribution in [2.75, 3.05) is 0 Å². The fraction of sp³-hybridized carbons (Fsp3) is 0.154. The predicted molar refractivity (Wildman–Crippen MR) is 89.9 cm³/mol. The number of ether oxygens (including phenoxy) is 1. The highest BCUT2D eigenvalue weighted by atomic mass is 79.9. The van der Waals surface area contributed by atoms with E-state index in [2.05, 4.69) is 47.8 Å². The van der Waals surface area contributed by atoms with Gasteiger partial charge in [-0.25, -0.2) is 4.79 Å². The lowest BCUT2D eigenvalue weighted by Gasteiger charge is -2.10. The molecule has 3 nitrogen and oxygen atoms in total. The second kappa shape index (κ2) is 6.60. The van der Waals surface area contributed by atoms with Gasteiger partial charge < -0.3 is 9.84 Å². The molecule has 1 aromatic heterocycles. The topological polar surface area (TPSA) is 46.5 Å². The van der Waals surface area contributed by atoms with E-state index in [0.29, 0.717) is 17.2 Å². The van der Waals surface area contributed by atoms with Crippen LogP contribution in [0.25, 0.3) is 0 Å². The first kappa shape index (κ1) is 16.0. The monoisotopic (exact) mass is 482 g/mol. The van der Waals surface area contributed by atoms with Gasteiger partial charge in [-0.3, -0.25) is 0 Å². The molecule has 0 saturated carbocycles. The average Bonchev–Trinajstić information content (AvgIpc) is 2.70. The number of rotatable bonds is 4. The Balaban J connectivity index is 2.19. The third-order valence-electron chi connectivity index (χ3n) is 2.57. The molecule has 0 aliphatic heterocycles. The van der Waals surface area contributed by atoms with Crippen LogP contribution in [0.2, 0.25) is 0 Å². The Bertz CT molecular complexity index is 644. The number of halogens is 3. The average molecular weight is 485 g/mol. The second-order valence-electron chi connectivity index (χ2n) is 3.98. The van der Waals surface area contributed by atoms with E-state index in [1.54, 1.807) is 6.07 Å². The number of benzene rings is 1. The summed E-state index contributed by atoms with van der Waals surface area (Å²) in [7, 11) is 0. The lowest BCUT2D eigenvalue weighted by Crippen LogP contribution is -1.97. The van der Waals surface area contributed by atoms with Crippen LogP contribution in [0.15, 0.2) is 31.6 Å². The predicted octanol–water partition coefficient (Wildman–Crippen LogP) is 5.62. The molecule has 0 radical (unpaired) electrons. The summed E-state index contributed by atoms with van der Waals surface area (Å²) in [5.74, 6) is -0.217. The van der Waals surface area contributed by atoms with E-state index in [9.17, 15) is 4.79 Å².